The standard InChI is InChI=1S/C14H24N2O6/c1-4-21-13(19)16-7-5-10(6-8-16)15-11(17)9-22-12(18)14(2,3)20/h10,20H,4-9H2,1-3H3,(H,15,17). The van der Waals surface area contributed by atoms with Crippen LogP contribution in [0.4, 0.5) is 4.79 Å². The van der Waals surface area contributed by atoms with Crippen molar-refractivity contribution >= 4 is 18.0 Å². The van der Waals surface area contributed by atoms with Crippen LogP contribution in [0.25, 0.3) is 0 Å². The fraction of sp³-hybridized carbons (Fsp3) is 0.786. The lowest BCUT2D eigenvalue weighted by molar-refractivity contribution is -0.164. The molecule has 0 spiro atoms. The van der Waals surface area contributed by atoms with Crippen LogP contribution in [0.15, 0.2) is 0 Å². The third kappa shape index (κ3) is 5.88. The number of likely N-dealkylation sites (tertiary alicyclic amines) is 1. The number of piperidine rings is 1. The summed E-state index contributed by atoms with van der Waals surface area (Å²) in [5, 5.41) is 12.1. The fourth-order valence-corrected chi connectivity index (χ4v) is 2.00. The van der Waals surface area contributed by atoms with Crippen LogP contribution in [-0.4, -0.2) is 65.9 Å². The molecule has 2 N–H and O–H groups in total. The van der Waals surface area contributed by atoms with E-state index in [2.05, 4.69) is 5.32 Å². The minimum Gasteiger partial charge on any atom is -0.453 e. The molecule has 1 aliphatic heterocycles. The first-order valence-corrected chi connectivity index (χ1v) is 7.34. The van der Waals surface area contributed by atoms with E-state index in [0.29, 0.717) is 32.5 Å². The van der Waals surface area contributed by atoms with Gasteiger partial charge in [0.05, 0.1) is 6.61 Å². The number of esters is 1. The van der Waals surface area contributed by atoms with Gasteiger partial charge in [-0.3, -0.25) is 4.79 Å². The highest BCUT2D eigenvalue weighted by atomic mass is 16.6. The van der Waals surface area contributed by atoms with Crippen molar-refractivity contribution in [2.75, 3.05) is 26.3 Å². The molecule has 8 nitrogen and oxygen atoms in total. The molecule has 126 valence electrons. The number of aliphatic hydroxyl groups is 1. The Balaban J connectivity index is 2.27. The fourth-order valence-electron chi connectivity index (χ4n) is 2.00. The van der Waals surface area contributed by atoms with Crippen LogP contribution in [0.3, 0.4) is 0 Å². The molecule has 0 aromatic rings. The molecule has 1 saturated heterocycles. The van der Waals surface area contributed by atoms with Gasteiger partial charge in [0.15, 0.2) is 12.2 Å². The molecule has 1 heterocycles. The molecule has 0 atom stereocenters. The highest BCUT2D eigenvalue weighted by Gasteiger charge is 2.27. The van der Waals surface area contributed by atoms with E-state index in [-0.39, 0.29) is 12.1 Å². The van der Waals surface area contributed by atoms with Crippen molar-refractivity contribution in [2.24, 2.45) is 0 Å². The zero-order valence-electron chi connectivity index (χ0n) is 13.3. The SMILES string of the molecule is CCOC(=O)N1CCC(NC(=O)COC(=O)C(C)(C)O)CC1. The van der Waals surface area contributed by atoms with E-state index in [4.69, 9.17) is 9.47 Å². The van der Waals surface area contributed by atoms with Gasteiger partial charge in [0, 0.05) is 19.1 Å². The molecule has 0 aromatic carbocycles. The Morgan fingerprint density at radius 3 is 2.32 bits per heavy atom. The van der Waals surface area contributed by atoms with E-state index >= 15 is 0 Å². The van der Waals surface area contributed by atoms with Crippen molar-refractivity contribution in [2.45, 2.75) is 45.3 Å². The van der Waals surface area contributed by atoms with Crippen molar-refractivity contribution in [1.82, 2.24) is 10.2 Å². The van der Waals surface area contributed by atoms with E-state index < -0.39 is 24.1 Å². The molecule has 0 aromatic heterocycles. The van der Waals surface area contributed by atoms with E-state index in [9.17, 15) is 19.5 Å². The third-order valence-electron chi connectivity index (χ3n) is 3.22. The number of nitrogens with zero attached hydrogens (tertiary/aromatic N) is 1. The quantitative estimate of drug-likeness (QED) is 0.694. The summed E-state index contributed by atoms with van der Waals surface area (Å²) in [4.78, 5) is 36.1. The van der Waals surface area contributed by atoms with Crippen LogP contribution in [-0.2, 0) is 19.1 Å². The maximum atomic E-state index is 11.7. The monoisotopic (exact) mass is 316 g/mol. The summed E-state index contributed by atoms with van der Waals surface area (Å²) in [5.41, 5.74) is -1.62. The molecule has 0 saturated carbocycles. The normalized spacial score (nSPS) is 16.1. The van der Waals surface area contributed by atoms with Gasteiger partial charge in [-0.2, -0.15) is 0 Å². The number of amides is 2. The molecule has 1 fully saturated rings. The molecule has 8 heteroatoms. The van der Waals surface area contributed by atoms with Gasteiger partial charge in [0.2, 0.25) is 0 Å². The lowest BCUT2D eigenvalue weighted by Gasteiger charge is -2.31. The number of hydrogen-bond donors (Lipinski definition) is 2. The summed E-state index contributed by atoms with van der Waals surface area (Å²) in [6, 6.07) is -0.0704. The Hall–Kier alpha value is -1.83. The molecule has 0 radical (unpaired) electrons. The second-order valence-electron chi connectivity index (χ2n) is 5.66. The van der Waals surface area contributed by atoms with Gasteiger partial charge in [-0.15, -0.1) is 0 Å². The number of hydrogen-bond acceptors (Lipinski definition) is 6. The van der Waals surface area contributed by atoms with Crippen molar-refractivity contribution in [3.63, 3.8) is 0 Å². The summed E-state index contributed by atoms with van der Waals surface area (Å²) in [6.45, 7) is 5.25. The number of rotatable bonds is 5. The Morgan fingerprint density at radius 2 is 1.82 bits per heavy atom. The summed E-state index contributed by atoms with van der Waals surface area (Å²) >= 11 is 0. The van der Waals surface area contributed by atoms with Gasteiger partial charge in [-0.25, -0.2) is 9.59 Å². The second-order valence-corrected chi connectivity index (χ2v) is 5.66. The Morgan fingerprint density at radius 1 is 1.23 bits per heavy atom. The first-order chi connectivity index (χ1) is 10.2. The summed E-state index contributed by atoms with van der Waals surface area (Å²) in [5.74, 6) is -1.27. The topological polar surface area (TPSA) is 105 Å². The van der Waals surface area contributed by atoms with Crippen molar-refractivity contribution < 1.29 is 29.0 Å². The number of nitrogens with one attached hydrogen (secondary N) is 1. The molecule has 2 amide bonds. The summed E-state index contributed by atoms with van der Waals surface area (Å²) < 4.78 is 9.63. The van der Waals surface area contributed by atoms with E-state index in [1.54, 1.807) is 11.8 Å². The molecule has 0 aliphatic carbocycles. The highest BCUT2D eigenvalue weighted by Crippen LogP contribution is 2.11. The molecule has 1 rings (SSSR count). The zero-order valence-corrected chi connectivity index (χ0v) is 13.3. The van der Waals surface area contributed by atoms with Crippen LogP contribution in [0.5, 0.6) is 0 Å². The maximum absolute atomic E-state index is 11.7. The highest BCUT2D eigenvalue weighted by molar-refractivity contribution is 5.83. The van der Waals surface area contributed by atoms with Gasteiger partial charge in [-0.05, 0) is 33.6 Å². The first-order valence-electron chi connectivity index (χ1n) is 7.34. The Kier molecular flexibility index (Phi) is 6.61. The minimum absolute atomic E-state index is 0.0704. The van der Waals surface area contributed by atoms with Gasteiger partial charge >= 0.3 is 12.1 Å². The number of ether oxygens (including phenoxy) is 2. The second kappa shape index (κ2) is 7.98. The van der Waals surface area contributed by atoms with Crippen molar-refractivity contribution in [3.8, 4) is 0 Å². The molecule has 1 aliphatic rings. The van der Waals surface area contributed by atoms with Crippen LogP contribution < -0.4 is 5.32 Å². The zero-order chi connectivity index (χ0) is 16.8. The van der Waals surface area contributed by atoms with Crippen LogP contribution in [0.2, 0.25) is 0 Å². The van der Waals surface area contributed by atoms with Crippen molar-refractivity contribution in [1.29, 1.82) is 0 Å². The first kappa shape index (κ1) is 18.2. The van der Waals surface area contributed by atoms with Crippen LogP contribution >= 0.6 is 0 Å². The molecule has 22 heavy (non-hydrogen) atoms. The number of carbonyl (C=O) groups excluding carboxylic acids is 3. The lowest BCUT2D eigenvalue weighted by Crippen LogP contribution is -2.47. The Labute approximate surface area is 129 Å². The van der Waals surface area contributed by atoms with Crippen LogP contribution in [0.1, 0.15) is 33.6 Å². The average molecular weight is 316 g/mol. The van der Waals surface area contributed by atoms with Gasteiger partial charge in [0.25, 0.3) is 5.91 Å². The largest absolute Gasteiger partial charge is 0.453 e. The third-order valence-corrected chi connectivity index (χ3v) is 3.22. The maximum Gasteiger partial charge on any atom is 0.409 e. The summed E-state index contributed by atoms with van der Waals surface area (Å²) in [6.07, 6.45) is 0.889. The molecular weight excluding hydrogens is 292 g/mol. The predicted octanol–water partition coefficient (Wildman–Crippen LogP) is 0.0376. The Bertz CT molecular complexity index is 410. The number of carbonyl (C=O) groups is 3. The van der Waals surface area contributed by atoms with E-state index in [1.165, 1.54) is 13.8 Å². The van der Waals surface area contributed by atoms with Crippen LogP contribution in [0, 0.1) is 0 Å². The van der Waals surface area contributed by atoms with Gasteiger partial charge < -0.3 is 24.8 Å². The molecule has 0 unspecified atom stereocenters. The van der Waals surface area contributed by atoms with E-state index in [0.717, 1.165) is 0 Å². The average Bonchev–Trinajstić information content (AvgIpc) is 2.44. The van der Waals surface area contributed by atoms with Gasteiger partial charge in [0.1, 0.15) is 0 Å². The van der Waals surface area contributed by atoms with Gasteiger partial charge in [-0.1, -0.05) is 0 Å². The lowest BCUT2D eigenvalue weighted by atomic mass is 10.1. The minimum atomic E-state index is -1.62. The smallest absolute Gasteiger partial charge is 0.409 e. The predicted molar refractivity (Wildman–Crippen MR) is 77.0 cm³/mol. The molecular formula is C14H24N2O6. The van der Waals surface area contributed by atoms with Crippen molar-refractivity contribution in [3.05, 3.63) is 0 Å². The summed E-state index contributed by atoms with van der Waals surface area (Å²) in [7, 11) is 0. The van der Waals surface area contributed by atoms with E-state index in [1.807, 2.05) is 0 Å². The molecule has 0 bridgehead atoms.